The van der Waals surface area contributed by atoms with E-state index in [4.69, 9.17) is 4.52 Å². The van der Waals surface area contributed by atoms with Gasteiger partial charge in [0.2, 0.25) is 5.89 Å². The van der Waals surface area contributed by atoms with E-state index in [1.165, 1.54) is 11.3 Å². The summed E-state index contributed by atoms with van der Waals surface area (Å²) in [5, 5.41) is 4.02. The van der Waals surface area contributed by atoms with Gasteiger partial charge in [-0.05, 0) is 13.5 Å². The molecule has 0 radical (unpaired) electrons. The summed E-state index contributed by atoms with van der Waals surface area (Å²) in [4.78, 5) is 20.6. The molecule has 0 aliphatic carbocycles. The third-order valence-electron chi connectivity index (χ3n) is 4.99. The van der Waals surface area contributed by atoms with Gasteiger partial charge in [0.15, 0.2) is 5.82 Å². The molecular weight excluding hydrogens is 318 g/mol. The first kappa shape index (κ1) is 16.4. The van der Waals surface area contributed by atoms with Gasteiger partial charge in [-0.15, -0.1) is 0 Å². The van der Waals surface area contributed by atoms with Crippen LogP contribution >= 0.6 is 0 Å². The van der Waals surface area contributed by atoms with Crippen LogP contribution < -0.4 is 4.90 Å². The van der Waals surface area contributed by atoms with Crippen molar-refractivity contribution in [3.05, 3.63) is 29.3 Å². The molecule has 1 fully saturated rings. The summed E-state index contributed by atoms with van der Waals surface area (Å²) in [5.74, 6) is 2.52. The Kier molecular flexibility index (Phi) is 4.63. The molecule has 2 aliphatic heterocycles. The summed E-state index contributed by atoms with van der Waals surface area (Å²) in [6, 6.07) is 0. The number of hydrogen-bond donors (Lipinski definition) is 0. The maximum absolute atomic E-state index is 5.08. The van der Waals surface area contributed by atoms with Gasteiger partial charge in [-0.25, -0.2) is 9.97 Å². The second kappa shape index (κ2) is 7.05. The highest BCUT2D eigenvalue weighted by molar-refractivity contribution is 5.49. The summed E-state index contributed by atoms with van der Waals surface area (Å²) in [7, 11) is 2.16. The van der Waals surface area contributed by atoms with E-state index in [1.807, 2.05) is 6.92 Å². The van der Waals surface area contributed by atoms with Crippen LogP contribution in [0.15, 0.2) is 10.9 Å². The maximum Gasteiger partial charge on any atom is 0.223 e. The van der Waals surface area contributed by atoms with Gasteiger partial charge in [0.25, 0.3) is 0 Å². The molecule has 2 aliphatic rings. The van der Waals surface area contributed by atoms with Crippen LogP contribution in [0.25, 0.3) is 0 Å². The van der Waals surface area contributed by atoms with Crippen molar-refractivity contribution in [2.75, 3.05) is 44.7 Å². The normalized spacial score (nSPS) is 19.7. The second-order valence-electron chi connectivity index (χ2n) is 6.96. The van der Waals surface area contributed by atoms with E-state index in [9.17, 15) is 0 Å². The third kappa shape index (κ3) is 3.64. The Bertz CT molecular complexity index is 732. The Morgan fingerprint density at radius 2 is 2.04 bits per heavy atom. The smallest absolute Gasteiger partial charge is 0.223 e. The summed E-state index contributed by atoms with van der Waals surface area (Å²) in [6.45, 7) is 8.58. The van der Waals surface area contributed by atoms with E-state index in [0.29, 0.717) is 5.89 Å². The fraction of sp³-hybridized carbons (Fsp3) is 0.647. The Hall–Kier alpha value is -2.06. The van der Waals surface area contributed by atoms with Crippen molar-refractivity contribution in [3.63, 3.8) is 0 Å². The highest BCUT2D eigenvalue weighted by Gasteiger charge is 2.24. The van der Waals surface area contributed by atoms with Crippen LogP contribution in [0.2, 0.25) is 0 Å². The topological polar surface area (TPSA) is 74.4 Å². The average molecular weight is 343 g/mol. The molecule has 0 bridgehead atoms. The number of rotatable bonds is 3. The molecule has 2 aromatic heterocycles. The van der Waals surface area contributed by atoms with E-state index in [2.05, 4.69) is 41.9 Å². The molecule has 134 valence electrons. The lowest BCUT2D eigenvalue weighted by molar-refractivity contribution is 0.271. The Morgan fingerprint density at radius 1 is 1.12 bits per heavy atom. The van der Waals surface area contributed by atoms with Gasteiger partial charge in [0.05, 0.1) is 12.2 Å². The molecule has 0 amide bonds. The number of nitrogens with zero attached hydrogens (tertiary/aromatic N) is 7. The van der Waals surface area contributed by atoms with Gasteiger partial charge in [-0.3, -0.25) is 4.90 Å². The van der Waals surface area contributed by atoms with Crippen molar-refractivity contribution < 1.29 is 4.52 Å². The second-order valence-corrected chi connectivity index (χ2v) is 6.96. The molecule has 4 rings (SSSR count). The van der Waals surface area contributed by atoms with Gasteiger partial charge in [0, 0.05) is 58.2 Å². The Labute approximate surface area is 147 Å². The van der Waals surface area contributed by atoms with Crippen molar-refractivity contribution in [2.24, 2.45) is 0 Å². The molecule has 2 aromatic rings. The molecule has 25 heavy (non-hydrogen) atoms. The zero-order valence-electron chi connectivity index (χ0n) is 15.0. The molecule has 8 heteroatoms. The predicted octanol–water partition coefficient (Wildman–Crippen LogP) is 0.868. The number of hydrogen-bond acceptors (Lipinski definition) is 8. The van der Waals surface area contributed by atoms with E-state index in [-0.39, 0.29) is 0 Å². The maximum atomic E-state index is 5.08. The van der Waals surface area contributed by atoms with Crippen molar-refractivity contribution in [1.29, 1.82) is 0 Å². The summed E-state index contributed by atoms with van der Waals surface area (Å²) >= 11 is 0. The molecule has 0 N–H and O–H groups in total. The van der Waals surface area contributed by atoms with Gasteiger partial charge in [-0.1, -0.05) is 5.16 Å². The standard InChI is InChI=1S/C17H25N7O/c1-13-20-16(21-25-13)11-23-5-3-6-24(9-8-23)17-14-10-22(2)7-4-15(14)18-12-19-17/h12H,3-11H2,1-2H3. The minimum atomic E-state index is 0.628. The van der Waals surface area contributed by atoms with Crippen molar-refractivity contribution in [1.82, 2.24) is 29.9 Å². The van der Waals surface area contributed by atoms with Crippen molar-refractivity contribution in [3.8, 4) is 0 Å². The molecular formula is C17H25N7O. The third-order valence-corrected chi connectivity index (χ3v) is 4.99. The minimum absolute atomic E-state index is 0.628. The first-order chi connectivity index (χ1) is 12.2. The molecule has 1 saturated heterocycles. The van der Waals surface area contributed by atoms with Crippen molar-refractivity contribution in [2.45, 2.75) is 32.9 Å². The minimum Gasteiger partial charge on any atom is -0.355 e. The Morgan fingerprint density at radius 3 is 2.88 bits per heavy atom. The van der Waals surface area contributed by atoms with Crippen molar-refractivity contribution >= 4 is 5.82 Å². The van der Waals surface area contributed by atoms with Crippen LogP contribution in [0.3, 0.4) is 0 Å². The monoisotopic (exact) mass is 343 g/mol. The van der Waals surface area contributed by atoms with Crippen LogP contribution in [-0.2, 0) is 19.5 Å². The molecule has 0 spiro atoms. The molecule has 4 heterocycles. The predicted molar refractivity (Wildman–Crippen MR) is 93.2 cm³/mol. The van der Waals surface area contributed by atoms with Crippen LogP contribution in [0.1, 0.15) is 29.4 Å². The van der Waals surface area contributed by atoms with E-state index >= 15 is 0 Å². The number of fused-ring (bicyclic) bond motifs is 1. The largest absolute Gasteiger partial charge is 0.355 e. The number of likely N-dealkylation sites (N-methyl/N-ethyl adjacent to an activating group) is 1. The van der Waals surface area contributed by atoms with Crippen LogP contribution in [0, 0.1) is 6.92 Å². The van der Waals surface area contributed by atoms with E-state index in [1.54, 1.807) is 6.33 Å². The highest BCUT2D eigenvalue weighted by atomic mass is 16.5. The highest BCUT2D eigenvalue weighted by Crippen LogP contribution is 2.26. The van der Waals surface area contributed by atoms with Gasteiger partial charge >= 0.3 is 0 Å². The first-order valence-electron chi connectivity index (χ1n) is 8.97. The van der Waals surface area contributed by atoms with Gasteiger partial charge in [0.1, 0.15) is 12.1 Å². The molecule has 0 atom stereocenters. The fourth-order valence-corrected chi connectivity index (χ4v) is 3.68. The summed E-state index contributed by atoms with van der Waals surface area (Å²) < 4.78 is 5.08. The zero-order chi connectivity index (χ0) is 17.2. The molecule has 0 aromatic carbocycles. The zero-order valence-corrected chi connectivity index (χ0v) is 15.0. The van der Waals surface area contributed by atoms with Crippen LogP contribution in [0.5, 0.6) is 0 Å². The molecule has 0 unspecified atom stereocenters. The quantitative estimate of drug-likeness (QED) is 0.813. The number of anilines is 1. The van der Waals surface area contributed by atoms with Gasteiger partial charge in [-0.2, -0.15) is 4.98 Å². The fourth-order valence-electron chi connectivity index (χ4n) is 3.68. The lowest BCUT2D eigenvalue weighted by Gasteiger charge is -2.30. The summed E-state index contributed by atoms with van der Waals surface area (Å²) in [6.07, 6.45) is 3.84. The van der Waals surface area contributed by atoms with E-state index < -0.39 is 0 Å². The first-order valence-corrected chi connectivity index (χ1v) is 8.97. The van der Waals surface area contributed by atoms with Crippen LogP contribution in [0.4, 0.5) is 5.82 Å². The van der Waals surface area contributed by atoms with Gasteiger partial charge < -0.3 is 14.3 Å². The average Bonchev–Trinajstić information content (AvgIpc) is 2.88. The summed E-state index contributed by atoms with van der Waals surface area (Å²) in [5.41, 5.74) is 2.52. The van der Waals surface area contributed by atoms with E-state index in [0.717, 1.165) is 70.3 Å². The molecule has 0 saturated carbocycles. The SMILES string of the molecule is Cc1nc(CN2CCCN(c3ncnc4c3CN(C)CC4)CC2)no1. The lowest BCUT2D eigenvalue weighted by Crippen LogP contribution is -2.34. The van der Waals surface area contributed by atoms with Crippen LogP contribution in [-0.4, -0.2) is 69.7 Å². The number of aryl methyl sites for hydroxylation is 1. The Balaban J connectivity index is 1.46. The lowest BCUT2D eigenvalue weighted by atomic mass is 10.1. The number of aromatic nitrogens is 4. The molecule has 8 nitrogen and oxygen atoms in total.